The van der Waals surface area contributed by atoms with Gasteiger partial charge in [-0.3, -0.25) is 14.5 Å². The van der Waals surface area contributed by atoms with Crippen molar-refractivity contribution in [3.63, 3.8) is 0 Å². The van der Waals surface area contributed by atoms with E-state index in [-0.39, 0.29) is 6.54 Å². The summed E-state index contributed by atoms with van der Waals surface area (Å²) in [4.78, 5) is 39.0. The van der Waals surface area contributed by atoms with Crippen LogP contribution in [-0.2, 0) is 21.5 Å². The normalized spacial score (nSPS) is 18.9. The molecule has 0 unspecified atom stereocenters. The van der Waals surface area contributed by atoms with Gasteiger partial charge in [0.1, 0.15) is 12.1 Å². The minimum atomic E-state index is -1.19. The Morgan fingerprint density at radius 2 is 1.76 bits per heavy atom. The van der Waals surface area contributed by atoms with Crippen LogP contribution in [0.5, 0.6) is 0 Å². The third-order valence-corrected chi connectivity index (χ3v) is 5.40. The van der Waals surface area contributed by atoms with Crippen molar-refractivity contribution in [3.05, 3.63) is 65.2 Å². The number of rotatable bonds is 6. The summed E-state index contributed by atoms with van der Waals surface area (Å²) in [6.45, 7) is 7.52. The fraction of sp³-hybridized carbons (Fsp3) is 0.348. The number of aryl methyl sites for hydroxylation is 1. The maximum Gasteiger partial charge on any atom is 0.325 e. The van der Waals surface area contributed by atoms with Crippen molar-refractivity contribution in [3.8, 4) is 0 Å². The van der Waals surface area contributed by atoms with E-state index in [2.05, 4.69) is 24.5 Å². The summed E-state index contributed by atoms with van der Waals surface area (Å²) in [7, 11) is 0. The highest BCUT2D eigenvalue weighted by Gasteiger charge is 2.49. The van der Waals surface area contributed by atoms with E-state index in [1.165, 1.54) is 0 Å². The first kappa shape index (κ1) is 20.6. The Bertz CT molecular complexity index is 937. The zero-order valence-corrected chi connectivity index (χ0v) is 17.3. The van der Waals surface area contributed by atoms with E-state index in [0.29, 0.717) is 17.2 Å². The third-order valence-electron chi connectivity index (χ3n) is 5.40. The van der Waals surface area contributed by atoms with Gasteiger partial charge >= 0.3 is 6.03 Å². The number of hydrogen-bond donors (Lipinski definition) is 2. The molecule has 1 aliphatic heterocycles. The molecule has 1 heterocycles. The van der Waals surface area contributed by atoms with E-state index in [1.807, 2.05) is 55.5 Å². The van der Waals surface area contributed by atoms with Crippen molar-refractivity contribution < 1.29 is 14.4 Å². The van der Waals surface area contributed by atoms with Gasteiger partial charge in [-0.15, -0.1) is 0 Å². The lowest BCUT2D eigenvalue weighted by Gasteiger charge is -2.23. The van der Waals surface area contributed by atoms with Crippen LogP contribution in [0, 0.1) is 0 Å². The van der Waals surface area contributed by atoms with Gasteiger partial charge in [-0.05, 0) is 42.0 Å². The average molecular weight is 393 g/mol. The molecule has 29 heavy (non-hydrogen) atoms. The van der Waals surface area contributed by atoms with E-state index >= 15 is 0 Å². The molecule has 1 saturated heterocycles. The Balaban J connectivity index is 1.75. The molecule has 0 bridgehead atoms. The van der Waals surface area contributed by atoms with Crippen LogP contribution in [0.2, 0.25) is 0 Å². The van der Waals surface area contributed by atoms with Crippen molar-refractivity contribution in [1.29, 1.82) is 0 Å². The molecule has 6 heteroatoms. The molecule has 0 saturated carbocycles. The van der Waals surface area contributed by atoms with Crippen molar-refractivity contribution in [1.82, 2.24) is 10.2 Å². The average Bonchev–Trinajstić information content (AvgIpc) is 2.92. The van der Waals surface area contributed by atoms with Gasteiger partial charge in [-0.1, -0.05) is 63.2 Å². The molecule has 0 aromatic heterocycles. The molecular weight excluding hydrogens is 366 g/mol. The molecule has 2 N–H and O–H groups in total. The molecule has 152 valence electrons. The van der Waals surface area contributed by atoms with Crippen LogP contribution < -0.4 is 10.6 Å². The number of nitrogens with zero attached hydrogens (tertiary/aromatic N) is 1. The third kappa shape index (κ3) is 4.01. The van der Waals surface area contributed by atoms with E-state index in [0.717, 1.165) is 22.4 Å². The van der Waals surface area contributed by atoms with Crippen LogP contribution in [0.3, 0.4) is 0 Å². The van der Waals surface area contributed by atoms with E-state index in [4.69, 9.17) is 0 Å². The molecule has 1 atom stereocenters. The van der Waals surface area contributed by atoms with Crippen LogP contribution in [0.25, 0.3) is 0 Å². The second-order valence-corrected chi connectivity index (χ2v) is 7.78. The number of carbonyl (C=O) groups is 3. The summed E-state index contributed by atoms with van der Waals surface area (Å²) in [5, 5.41) is 5.55. The predicted molar refractivity (Wildman–Crippen MR) is 113 cm³/mol. The van der Waals surface area contributed by atoms with E-state index < -0.39 is 23.4 Å². The number of carbonyl (C=O) groups excluding carboxylic acids is 3. The molecule has 4 amide bonds. The quantitative estimate of drug-likeness (QED) is 0.733. The number of amides is 4. The highest BCUT2D eigenvalue weighted by molar-refractivity contribution is 6.10. The smallest absolute Gasteiger partial charge is 0.324 e. The molecule has 0 aliphatic carbocycles. The first-order valence-corrected chi connectivity index (χ1v) is 9.88. The van der Waals surface area contributed by atoms with Crippen LogP contribution in [0.1, 0.15) is 50.3 Å². The van der Waals surface area contributed by atoms with Crippen molar-refractivity contribution in [2.45, 2.75) is 45.6 Å². The summed E-state index contributed by atoms with van der Waals surface area (Å²) < 4.78 is 0. The van der Waals surface area contributed by atoms with Crippen LogP contribution in [0.15, 0.2) is 48.5 Å². The van der Waals surface area contributed by atoms with Gasteiger partial charge in [-0.25, -0.2) is 4.79 Å². The summed E-state index contributed by atoms with van der Waals surface area (Å²) in [5.41, 5.74) is 2.35. The Hall–Kier alpha value is -3.15. The lowest BCUT2D eigenvalue weighted by molar-refractivity contribution is -0.133. The molecule has 2 aromatic rings. The number of anilines is 1. The topological polar surface area (TPSA) is 78.5 Å². The Morgan fingerprint density at radius 1 is 1.10 bits per heavy atom. The Morgan fingerprint density at radius 3 is 2.38 bits per heavy atom. The zero-order valence-electron chi connectivity index (χ0n) is 17.3. The second-order valence-electron chi connectivity index (χ2n) is 7.78. The minimum Gasteiger partial charge on any atom is -0.324 e. The molecule has 0 spiro atoms. The maximum absolute atomic E-state index is 13.0. The maximum atomic E-state index is 13.0. The Kier molecular flexibility index (Phi) is 5.73. The standard InChI is InChI=1S/C23H27N3O3/c1-5-16-8-6-7-9-19(16)24-20(27)14-26-21(28)23(4,25-22(26)29)18-12-10-17(11-13-18)15(2)3/h6-13,15H,5,14H2,1-4H3,(H,24,27)(H,25,29)/t23-/m0/s1. The summed E-state index contributed by atoms with van der Waals surface area (Å²) in [6.07, 6.45) is 0.768. The molecular formula is C23H27N3O3. The lowest BCUT2D eigenvalue weighted by atomic mass is 9.90. The van der Waals surface area contributed by atoms with E-state index in [1.54, 1.807) is 6.92 Å². The van der Waals surface area contributed by atoms with Gasteiger partial charge < -0.3 is 10.6 Å². The molecule has 6 nitrogen and oxygen atoms in total. The molecule has 1 fully saturated rings. The fourth-order valence-electron chi connectivity index (χ4n) is 3.52. The van der Waals surface area contributed by atoms with Gasteiger partial charge in [0.05, 0.1) is 0 Å². The first-order chi connectivity index (χ1) is 13.8. The predicted octanol–water partition coefficient (Wildman–Crippen LogP) is 3.78. The largest absolute Gasteiger partial charge is 0.325 e. The lowest BCUT2D eigenvalue weighted by Crippen LogP contribution is -2.42. The van der Waals surface area contributed by atoms with Gasteiger partial charge in [0.25, 0.3) is 5.91 Å². The second kappa shape index (κ2) is 8.07. The summed E-state index contributed by atoms with van der Waals surface area (Å²) in [5.74, 6) is -0.468. The molecule has 1 aliphatic rings. The van der Waals surface area contributed by atoms with Crippen LogP contribution in [-0.4, -0.2) is 29.3 Å². The van der Waals surface area contributed by atoms with Crippen LogP contribution >= 0.6 is 0 Å². The highest BCUT2D eigenvalue weighted by atomic mass is 16.2. The minimum absolute atomic E-state index is 0.331. The summed E-state index contributed by atoms with van der Waals surface area (Å²) in [6, 6.07) is 14.5. The van der Waals surface area contributed by atoms with Crippen molar-refractivity contribution in [2.24, 2.45) is 0 Å². The zero-order chi connectivity index (χ0) is 21.2. The molecule has 2 aromatic carbocycles. The van der Waals surface area contributed by atoms with Gasteiger partial charge in [0.2, 0.25) is 5.91 Å². The van der Waals surface area contributed by atoms with Gasteiger partial charge in [0, 0.05) is 5.69 Å². The number of para-hydroxylation sites is 1. The van der Waals surface area contributed by atoms with Crippen molar-refractivity contribution in [2.75, 3.05) is 11.9 Å². The summed E-state index contributed by atoms with van der Waals surface area (Å²) >= 11 is 0. The van der Waals surface area contributed by atoms with Crippen molar-refractivity contribution >= 4 is 23.5 Å². The SMILES string of the molecule is CCc1ccccc1NC(=O)CN1C(=O)N[C@@](C)(c2ccc(C(C)C)cc2)C1=O. The number of hydrogen-bond acceptors (Lipinski definition) is 3. The number of benzene rings is 2. The Labute approximate surface area is 171 Å². The van der Waals surface area contributed by atoms with Crippen LogP contribution in [0.4, 0.5) is 10.5 Å². The molecule has 3 rings (SSSR count). The van der Waals surface area contributed by atoms with Gasteiger partial charge in [-0.2, -0.15) is 0 Å². The highest BCUT2D eigenvalue weighted by Crippen LogP contribution is 2.30. The number of imide groups is 1. The van der Waals surface area contributed by atoms with E-state index in [9.17, 15) is 14.4 Å². The first-order valence-electron chi connectivity index (χ1n) is 9.88. The number of nitrogens with one attached hydrogen (secondary N) is 2. The molecule has 0 radical (unpaired) electrons. The monoisotopic (exact) mass is 393 g/mol. The van der Waals surface area contributed by atoms with Gasteiger partial charge in [0.15, 0.2) is 0 Å². The number of urea groups is 1. The fourth-order valence-corrected chi connectivity index (χ4v) is 3.52.